The molecule has 0 radical (unpaired) electrons. The summed E-state index contributed by atoms with van der Waals surface area (Å²) in [5, 5.41) is 3.01. The first-order chi connectivity index (χ1) is 12.0. The number of carbonyl (C=O) groups excluding carboxylic acids is 2. The lowest BCUT2D eigenvalue weighted by Crippen LogP contribution is -2.46. The maximum atomic E-state index is 12.3. The molecule has 1 aliphatic heterocycles. The Bertz CT molecular complexity index is 763. The Morgan fingerprint density at radius 1 is 1.12 bits per heavy atom. The van der Waals surface area contributed by atoms with Crippen LogP contribution < -0.4 is 5.32 Å². The number of hydrogen-bond donors (Lipinski definition) is 1. The van der Waals surface area contributed by atoms with Gasteiger partial charge in [-0.15, -0.1) is 0 Å². The summed E-state index contributed by atoms with van der Waals surface area (Å²) in [7, 11) is -1.05. The molecule has 0 spiro atoms. The normalized spacial score (nSPS) is 16.4. The van der Waals surface area contributed by atoms with Crippen LogP contribution in [-0.4, -0.2) is 46.3 Å². The largest absolute Gasteiger partial charge is 0.472 e. The molecule has 1 aromatic carbocycles. The molecule has 2 aromatic rings. The lowest BCUT2D eigenvalue weighted by atomic mass is 10.0. The van der Waals surface area contributed by atoms with Crippen molar-refractivity contribution in [2.24, 2.45) is 0 Å². The topological polar surface area (TPSA) is 79.6 Å². The summed E-state index contributed by atoms with van der Waals surface area (Å²) in [6.45, 7) is 1.20. The number of benzene rings is 1. The Morgan fingerprint density at radius 2 is 1.80 bits per heavy atom. The van der Waals surface area contributed by atoms with Crippen molar-refractivity contribution in [1.82, 2.24) is 10.2 Å². The zero-order valence-corrected chi connectivity index (χ0v) is 14.8. The minimum atomic E-state index is -1.05. The Balaban J connectivity index is 1.52. The van der Waals surface area contributed by atoms with E-state index in [1.807, 2.05) is 0 Å². The van der Waals surface area contributed by atoms with Crippen LogP contribution in [0.15, 0.2) is 52.2 Å². The van der Waals surface area contributed by atoms with Crippen LogP contribution >= 0.6 is 0 Å². The standard InChI is InChI=1S/C18H20N2O4S/c1-25(23)16-4-2-13(3-5-16)17(21)19-15-6-9-20(10-7-15)18(22)14-8-11-24-12-14/h2-5,8,11-12,15H,6-7,9-10H2,1H3,(H,19,21). The second-order valence-corrected chi connectivity index (χ2v) is 7.41. The van der Waals surface area contributed by atoms with Crippen molar-refractivity contribution in [1.29, 1.82) is 0 Å². The van der Waals surface area contributed by atoms with E-state index in [1.165, 1.54) is 12.5 Å². The van der Waals surface area contributed by atoms with Gasteiger partial charge in [0.25, 0.3) is 11.8 Å². The minimum Gasteiger partial charge on any atom is -0.472 e. The molecule has 0 saturated carbocycles. The van der Waals surface area contributed by atoms with E-state index in [-0.39, 0.29) is 17.9 Å². The summed E-state index contributed by atoms with van der Waals surface area (Å²) in [4.78, 5) is 27.0. The van der Waals surface area contributed by atoms with E-state index in [4.69, 9.17) is 4.42 Å². The third kappa shape index (κ3) is 4.17. The number of likely N-dealkylation sites (tertiary alicyclic amines) is 1. The first-order valence-corrected chi connectivity index (χ1v) is 9.66. The zero-order chi connectivity index (χ0) is 17.8. The van der Waals surface area contributed by atoms with Crippen molar-refractivity contribution < 1.29 is 18.2 Å². The van der Waals surface area contributed by atoms with E-state index >= 15 is 0 Å². The van der Waals surface area contributed by atoms with E-state index in [0.717, 1.165) is 0 Å². The van der Waals surface area contributed by atoms with Gasteiger partial charge in [0.1, 0.15) is 6.26 Å². The molecule has 2 heterocycles. The van der Waals surface area contributed by atoms with E-state index in [0.29, 0.717) is 42.0 Å². The number of rotatable bonds is 4. The molecule has 1 aromatic heterocycles. The maximum absolute atomic E-state index is 12.3. The van der Waals surface area contributed by atoms with Gasteiger partial charge < -0.3 is 14.6 Å². The molecule has 1 saturated heterocycles. The molecule has 0 aliphatic carbocycles. The van der Waals surface area contributed by atoms with Crippen LogP contribution in [0.2, 0.25) is 0 Å². The highest BCUT2D eigenvalue weighted by Gasteiger charge is 2.25. The van der Waals surface area contributed by atoms with Crippen LogP contribution in [-0.2, 0) is 10.8 Å². The van der Waals surface area contributed by atoms with Gasteiger partial charge in [-0.3, -0.25) is 13.8 Å². The van der Waals surface area contributed by atoms with Gasteiger partial charge in [0.05, 0.1) is 11.8 Å². The number of furan rings is 1. The Labute approximate surface area is 148 Å². The van der Waals surface area contributed by atoms with Gasteiger partial charge in [0, 0.05) is 46.6 Å². The predicted octanol–water partition coefficient (Wildman–Crippen LogP) is 2.05. The smallest absolute Gasteiger partial charge is 0.257 e. The molecular weight excluding hydrogens is 340 g/mol. The Kier molecular flexibility index (Phi) is 5.33. The van der Waals surface area contributed by atoms with Crippen LogP contribution in [0.4, 0.5) is 0 Å². The molecule has 1 aliphatic rings. The summed E-state index contributed by atoms with van der Waals surface area (Å²) in [5.74, 6) is -0.185. The van der Waals surface area contributed by atoms with Gasteiger partial charge in [-0.2, -0.15) is 0 Å². The number of nitrogens with zero attached hydrogens (tertiary/aromatic N) is 1. The lowest BCUT2D eigenvalue weighted by Gasteiger charge is -2.32. The summed E-state index contributed by atoms with van der Waals surface area (Å²) >= 11 is 0. The van der Waals surface area contributed by atoms with Gasteiger partial charge in [-0.1, -0.05) is 0 Å². The highest BCUT2D eigenvalue weighted by Crippen LogP contribution is 2.15. The van der Waals surface area contributed by atoms with E-state index in [1.54, 1.807) is 41.5 Å². The first kappa shape index (κ1) is 17.4. The van der Waals surface area contributed by atoms with Gasteiger partial charge >= 0.3 is 0 Å². The third-order valence-electron chi connectivity index (χ3n) is 4.33. The molecule has 1 fully saturated rings. The highest BCUT2D eigenvalue weighted by molar-refractivity contribution is 7.84. The SMILES string of the molecule is CS(=O)c1ccc(C(=O)NC2CCN(C(=O)c3ccoc3)CC2)cc1. The first-order valence-electron chi connectivity index (χ1n) is 8.10. The van der Waals surface area contributed by atoms with Crippen molar-refractivity contribution >= 4 is 22.6 Å². The van der Waals surface area contributed by atoms with Gasteiger partial charge in [-0.05, 0) is 43.2 Å². The van der Waals surface area contributed by atoms with Crippen LogP contribution in [0.5, 0.6) is 0 Å². The average molecular weight is 360 g/mol. The number of piperidine rings is 1. The molecule has 3 rings (SSSR count). The van der Waals surface area contributed by atoms with Crippen LogP contribution in [0, 0.1) is 0 Å². The van der Waals surface area contributed by atoms with E-state index < -0.39 is 10.8 Å². The van der Waals surface area contributed by atoms with Crippen LogP contribution in [0.3, 0.4) is 0 Å². The van der Waals surface area contributed by atoms with Crippen molar-refractivity contribution in [3.05, 3.63) is 54.0 Å². The molecule has 25 heavy (non-hydrogen) atoms. The summed E-state index contributed by atoms with van der Waals surface area (Å²) in [6, 6.07) is 8.48. The summed E-state index contributed by atoms with van der Waals surface area (Å²) < 4.78 is 16.3. The minimum absolute atomic E-state index is 0.0401. The van der Waals surface area contributed by atoms with Crippen molar-refractivity contribution in [3.8, 4) is 0 Å². The number of carbonyl (C=O) groups is 2. The van der Waals surface area contributed by atoms with Crippen LogP contribution in [0.25, 0.3) is 0 Å². The highest BCUT2D eigenvalue weighted by atomic mass is 32.2. The zero-order valence-electron chi connectivity index (χ0n) is 13.9. The molecule has 1 atom stereocenters. The van der Waals surface area contributed by atoms with E-state index in [9.17, 15) is 13.8 Å². The molecule has 6 nitrogen and oxygen atoms in total. The number of hydrogen-bond acceptors (Lipinski definition) is 4. The van der Waals surface area contributed by atoms with Crippen molar-refractivity contribution in [2.75, 3.05) is 19.3 Å². The Morgan fingerprint density at radius 3 is 2.36 bits per heavy atom. The molecule has 132 valence electrons. The molecule has 0 bridgehead atoms. The predicted molar refractivity (Wildman–Crippen MR) is 93.9 cm³/mol. The molecule has 7 heteroatoms. The lowest BCUT2D eigenvalue weighted by molar-refractivity contribution is 0.0697. The van der Waals surface area contributed by atoms with Crippen molar-refractivity contribution in [2.45, 2.75) is 23.8 Å². The second kappa shape index (κ2) is 7.65. The molecule has 1 unspecified atom stereocenters. The molecular formula is C18H20N2O4S. The van der Waals surface area contributed by atoms with Crippen LogP contribution in [0.1, 0.15) is 33.6 Å². The number of amides is 2. The Hall–Kier alpha value is -2.41. The fourth-order valence-corrected chi connectivity index (χ4v) is 3.38. The van der Waals surface area contributed by atoms with Gasteiger partial charge in [-0.25, -0.2) is 0 Å². The fraction of sp³-hybridized carbons (Fsp3) is 0.333. The monoisotopic (exact) mass is 360 g/mol. The quantitative estimate of drug-likeness (QED) is 0.905. The molecule has 1 N–H and O–H groups in total. The van der Waals surface area contributed by atoms with Gasteiger partial charge in [0.2, 0.25) is 0 Å². The van der Waals surface area contributed by atoms with Crippen molar-refractivity contribution in [3.63, 3.8) is 0 Å². The van der Waals surface area contributed by atoms with Gasteiger partial charge in [0.15, 0.2) is 0 Å². The summed E-state index contributed by atoms with van der Waals surface area (Å²) in [5.41, 5.74) is 1.10. The second-order valence-electron chi connectivity index (χ2n) is 6.03. The third-order valence-corrected chi connectivity index (χ3v) is 5.27. The number of nitrogens with one attached hydrogen (secondary N) is 1. The molecule has 2 amide bonds. The fourth-order valence-electron chi connectivity index (χ4n) is 2.86. The van der Waals surface area contributed by atoms with E-state index in [2.05, 4.69) is 5.32 Å². The maximum Gasteiger partial charge on any atom is 0.257 e. The summed E-state index contributed by atoms with van der Waals surface area (Å²) in [6.07, 6.45) is 5.97. The average Bonchev–Trinajstić information content (AvgIpc) is 3.16.